The third-order valence-corrected chi connectivity index (χ3v) is 6.38. The fourth-order valence-corrected chi connectivity index (χ4v) is 3.77. The van der Waals surface area contributed by atoms with Crippen molar-refractivity contribution in [1.82, 2.24) is 9.21 Å². The number of anilines is 1. The predicted molar refractivity (Wildman–Crippen MR) is 113 cm³/mol. The van der Waals surface area contributed by atoms with Gasteiger partial charge in [0, 0.05) is 19.8 Å². The number of nitrogens with zero attached hydrogens (tertiary/aromatic N) is 2. The Kier molecular flexibility index (Phi) is 7.16. The van der Waals surface area contributed by atoms with Crippen LogP contribution in [0.15, 0.2) is 47.4 Å². The summed E-state index contributed by atoms with van der Waals surface area (Å²) in [7, 11) is -0.973. The summed E-state index contributed by atoms with van der Waals surface area (Å²) in [6.45, 7) is 5.14. The lowest BCUT2D eigenvalue weighted by molar-refractivity contribution is -0.133. The number of carbonyl (C=O) groups is 2. The topological polar surface area (TPSA) is 86.8 Å². The van der Waals surface area contributed by atoms with Crippen LogP contribution in [0.2, 0.25) is 0 Å². The van der Waals surface area contributed by atoms with E-state index in [2.05, 4.69) is 5.32 Å². The lowest BCUT2D eigenvalue weighted by Gasteiger charge is -2.22. The number of likely N-dealkylation sites (N-methyl/N-ethyl adjacent to an activating group) is 2. The first-order valence-corrected chi connectivity index (χ1v) is 10.6. The minimum Gasteiger partial charge on any atom is -0.335 e. The van der Waals surface area contributed by atoms with Gasteiger partial charge in [-0.05, 0) is 50.1 Å². The zero-order valence-electron chi connectivity index (χ0n) is 17.4. The molecule has 7 nitrogen and oxygen atoms in total. The Morgan fingerprint density at radius 3 is 2.10 bits per heavy atom. The smallest absolute Gasteiger partial charge is 0.243 e. The van der Waals surface area contributed by atoms with Gasteiger partial charge in [-0.3, -0.25) is 9.59 Å². The highest BCUT2D eigenvalue weighted by Crippen LogP contribution is 2.17. The van der Waals surface area contributed by atoms with Crippen LogP contribution >= 0.6 is 0 Å². The SMILES string of the molecule is Cc1ccc(S(=O)(=O)N(C)CC(=O)N(C)CC(=O)Nc2cc(C)ccc2C)cc1. The van der Waals surface area contributed by atoms with E-state index in [0.717, 1.165) is 21.0 Å². The number of nitrogens with one attached hydrogen (secondary N) is 1. The first-order valence-electron chi connectivity index (χ1n) is 9.15. The molecule has 2 amide bonds. The van der Waals surface area contributed by atoms with E-state index in [1.54, 1.807) is 12.1 Å². The van der Waals surface area contributed by atoms with Crippen LogP contribution in [0.4, 0.5) is 5.69 Å². The van der Waals surface area contributed by atoms with Gasteiger partial charge in [0.2, 0.25) is 21.8 Å². The first-order chi connectivity index (χ1) is 13.5. The van der Waals surface area contributed by atoms with Gasteiger partial charge in [0.05, 0.1) is 18.0 Å². The van der Waals surface area contributed by atoms with Gasteiger partial charge in [0.25, 0.3) is 0 Å². The quantitative estimate of drug-likeness (QED) is 0.749. The number of carbonyl (C=O) groups excluding carboxylic acids is 2. The van der Waals surface area contributed by atoms with Crippen molar-refractivity contribution in [2.75, 3.05) is 32.5 Å². The second-order valence-electron chi connectivity index (χ2n) is 7.19. The molecule has 0 aromatic heterocycles. The Balaban J connectivity index is 1.98. The minimum absolute atomic E-state index is 0.119. The van der Waals surface area contributed by atoms with Crippen molar-refractivity contribution < 1.29 is 18.0 Å². The van der Waals surface area contributed by atoms with Crippen LogP contribution in [-0.2, 0) is 19.6 Å². The number of aryl methyl sites for hydroxylation is 3. The standard InChI is InChI=1S/C21H27N3O4S/c1-15-7-10-18(11-8-15)29(27,28)24(5)14-21(26)23(4)13-20(25)22-19-12-16(2)6-9-17(19)3/h6-12H,13-14H2,1-5H3,(H,22,25). The van der Waals surface area contributed by atoms with Crippen LogP contribution in [-0.4, -0.2) is 56.6 Å². The Morgan fingerprint density at radius 2 is 1.48 bits per heavy atom. The zero-order chi connectivity index (χ0) is 21.8. The highest BCUT2D eigenvalue weighted by Gasteiger charge is 2.24. The van der Waals surface area contributed by atoms with Crippen molar-refractivity contribution in [2.24, 2.45) is 0 Å². The molecule has 0 radical (unpaired) electrons. The number of sulfonamides is 1. The van der Waals surface area contributed by atoms with Gasteiger partial charge < -0.3 is 10.2 Å². The normalized spacial score (nSPS) is 11.4. The Morgan fingerprint density at radius 1 is 0.897 bits per heavy atom. The fourth-order valence-electron chi connectivity index (χ4n) is 2.65. The fraction of sp³-hybridized carbons (Fsp3) is 0.333. The van der Waals surface area contributed by atoms with Gasteiger partial charge in [-0.1, -0.05) is 29.8 Å². The Bertz CT molecular complexity index is 1000. The molecule has 156 valence electrons. The van der Waals surface area contributed by atoms with Crippen LogP contribution in [0.5, 0.6) is 0 Å². The molecule has 0 aliphatic heterocycles. The second-order valence-corrected chi connectivity index (χ2v) is 9.24. The minimum atomic E-state index is -3.79. The summed E-state index contributed by atoms with van der Waals surface area (Å²) in [4.78, 5) is 26.1. The number of rotatable bonds is 7. The lowest BCUT2D eigenvalue weighted by atomic mass is 10.1. The molecule has 0 saturated carbocycles. The summed E-state index contributed by atoms with van der Waals surface area (Å²) in [5.41, 5.74) is 3.56. The summed E-state index contributed by atoms with van der Waals surface area (Å²) in [5.74, 6) is -0.821. The third-order valence-electron chi connectivity index (χ3n) is 4.56. The molecule has 2 rings (SSSR count). The van der Waals surface area contributed by atoms with Crippen LogP contribution < -0.4 is 5.32 Å². The summed E-state index contributed by atoms with van der Waals surface area (Å²) < 4.78 is 26.2. The number of hydrogen-bond acceptors (Lipinski definition) is 4. The molecular weight excluding hydrogens is 390 g/mol. The molecule has 0 bridgehead atoms. The molecule has 0 heterocycles. The summed E-state index contributed by atoms with van der Waals surface area (Å²) in [6, 6.07) is 12.1. The van der Waals surface area contributed by atoms with Crippen LogP contribution in [0.1, 0.15) is 16.7 Å². The maximum atomic E-state index is 12.6. The summed E-state index contributed by atoms with van der Waals surface area (Å²) in [5, 5.41) is 2.79. The van der Waals surface area contributed by atoms with E-state index in [9.17, 15) is 18.0 Å². The number of amides is 2. The first kappa shape index (κ1) is 22.6. The van der Waals surface area contributed by atoms with Gasteiger partial charge in [0.15, 0.2) is 0 Å². The Hall–Kier alpha value is -2.71. The van der Waals surface area contributed by atoms with Crippen molar-refractivity contribution in [2.45, 2.75) is 25.7 Å². The van der Waals surface area contributed by atoms with Gasteiger partial charge in [-0.15, -0.1) is 0 Å². The molecule has 2 aromatic rings. The van der Waals surface area contributed by atoms with E-state index in [-0.39, 0.29) is 23.9 Å². The molecule has 0 unspecified atom stereocenters. The van der Waals surface area contributed by atoms with Crippen molar-refractivity contribution in [1.29, 1.82) is 0 Å². The number of benzene rings is 2. The van der Waals surface area contributed by atoms with E-state index < -0.39 is 15.9 Å². The van der Waals surface area contributed by atoms with Crippen LogP contribution in [0, 0.1) is 20.8 Å². The van der Waals surface area contributed by atoms with E-state index >= 15 is 0 Å². The van der Waals surface area contributed by atoms with Gasteiger partial charge >= 0.3 is 0 Å². The molecule has 29 heavy (non-hydrogen) atoms. The highest BCUT2D eigenvalue weighted by molar-refractivity contribution is 7.89. The molecule has 2 aromatic carbocycles. The van der Waals surface area contributed by atoms with Gasteiger partial charge in [0.1, 0.15) is 0 Å². The molecule has 0 aliphatic carbocycles. The van der Waals surface area contributed by atoms with E-state index in [0.29, 0.717) is 5.69 Å². The van der Waals surface area contributed by atoms with Crippen LogP contribution in [0.25, 0.3) is 0 Å². The van der Waals surface area contributed by atoms with Crippen LogP contribution in [0.3, 0.4) is 0 Å². The van der Waals surface area contributed by atoms with Gasteiger partial charge in [-0.25, -0.2) is 8.42 Å². The van der Waals surface area contributed by atoms with Crippen molar-refractivity contribution >= 4 is 27.5 Å². The zero-order valence-corrected chi connectivity index (χ0v) is 18.2. The molecule has 1 N–H and O–H groups in total. The Labute approximate surface area is 172 Å². The van der Waals surface area contributed by atoms with Crippen molar-refractivity contribution in [3.63, 3.8) is 0 Å². The lowest BCUT2D eigenvalue weighted by Crippen LogP contribution is -2.42. The van der Waals surface area contributed by atoms with Crippen molar-refractivity contribution in [3.05, 3.63) is 59.2 Å². The maximum absolute atomic E-state index is 12.6. The van der Waals surface area contributed by atoms with Crippen molar-refractivity contribution in [3.8, 4) is 0 Å². The molecule has 0 fully saturated rings. The summed E-state index contributed by atoms with van der Waals surface area (Å²) >= 11 is 0. The van der Waals surface area contributed by atoms with E-state index in [1.165, 1.54) is 31.1 Å². The second kappa shape index (κ2) is 9.19. The molecule has 0 atom stereocenters. The van der Waals surface area contributed by atoms with Gasteiger partial charge in [-0.2, -0.15) is 4.31 Å². The molecule has 0 spiro atoms. The summed E-state index contributed by atoms with van der Waals surface area (Å²) in [6.07, 6.45) is 0. The molecular formula is C21H27N3O4S. The number of hydrogen-bond donors (Lipinski definition) is 1. The molecule has 0 saturated heterocycles. The molecule has 8 heteroatoms. The van der Waals surface area contributed by atoms with E-state index in [4.69, 9.17) is 0 Å². The average molecular weight is 418 g/mol. The average Bonchev–Trinajstić information content (AvgIpc) is 2.64. The molecule has 0 aliphatic rings. The monoisotopic (exact) mass is 417 g/mol. The highest BCUT2D eigenvalue weighted by atomic mass is 32.2. The van der Waals surface area contributed by atoms with E-state index in [1.807, 2.05) is 39.0 Å². The maximum Gasteiger partial charge on any atom is 0.243 e. The predicted octanol–water partition coefficient (Wildman–Crippen LogP) is 2.33. The largest absolute Gasteiger partial charge is 0.335 e. The third kappa shape index (κ3) is 5.88.